The number of aromatic nitrogens is 4. The molecule has 3 aromatic heterocycles. The first-order valence-corrected chi connectivity index (χ1v) is 17.8. The van der Waals surface area contributed by atoms with E-state index in [1.807, 2.05) is 103 Å². The molecule has 262 valence electrons. The van der Waals surface area contributed by atoms with E-state index >= 15 is 0 Å². The molecule has 0 amide bonds. The van der Waals surface area contributed by atoms with Crippen molar-refractivity contribution in [2.24, 2.45) is 0 Å². The highest BCUT2D eigenvalue weighted by Crippen LogP contribution is 2.42. The molecule has 8 aromatic carbocycles. The van der Waals surface area contributed by atoms with Gasteiger partial charge in [-0.1, -0.05) is 151 Å². The molecule has 0 saturated carbocycles. The van der Waals surface area contributed by atoms with Crippen LogP contribution in [-0.4, -0.2) is 19.5 Å². The van der Waals surface area contributed by atoms with Gasteiger partial charge in [-0.05, 0) is 59.1 Å². The van der Waals surface area contributed by atoms with Crippen LogP contribution in [-0.2, 0) is 0 Å². The van der Waals surface area contributed by atoms with Crippen LogP contribution in [0.5, 0.6) is 0 Å². The lowest BCUT2D eigenvalue weighted by molar-refractivity contribution is 0.669. The van der Waals surface area contributed by atoms with Crippen LogP contribution in [0.2, 0.25) is 0 Å². The van der Waals surface area contributed by atoms with Gasteiger partial charge < -0.3 is 8.98 Å². The van der Waals surface area contributed by atoms with Gasteiger partial charge in [-0.2, -0.15) is 0 Å². The summed E-state index contributed by atoms with van der Waals surface area (Å²) in [6, 6.07) is 29.7. The van der Waals surface area contributed by atoms with Crippen molar-refractivity contribution in [3.8, 4) is 62.1 Å². The predicted octanol–water partition coefficient (Wildman–Crippen LogP) is 13.2. The van der Waals surface area contributed by atoms with Gasteiger partial charge >= 0.3 is 0 Å². The molecule has 0 N–H and O–H groups in total. The normalized spacial score (nSPS) is 14.6. The highest BCUT2D eigenvalue weighted by atomic mass is 16.3. The Bertz CT molecular complexity index is 3920. The largest absolute Gasteiger partial charge is 0.456 e. The second-order valence-corrected chi connectivity index (χ2v) is 13.1. The summed E-state index contributed by atoms with van der Waals surface area (Å²) in [6.07, 6.45) is 0. The van der Waals surface area contributed by atoms with Crippen LogP contribution in [0, 0.1) is 0 Å². The van der Waals surface area contributed by atoms with Crippen molar-refractivity contribution < 1.29 is 20.9 Å². The van der Waals surface area contributed by atoms with Crippen LogP contribution < -0.4 is 0 Å². The maximum Gasteiger partial charge on any atom is 0.166 e. The molecule has 0 fully saturated rings. The fraction of sp³-hybridized carbons (Fsp3) is 0. The number of fused-ring (bicyclic) bond motifs is 6. The number of benzene rings is 8. The van der Waals surface area contributed by atoms with Crippen molar-refractivity contribution in [3.05, 3.63) is 194 Å². The van der Waals surface area contributed by atoms with E-state index in [0.29, 0.717) is 44.8 Å². The monoisotopic (exact) mass is 728 g/mol. The van der Waals surface area contributed by atoms with Crippen LogP contribution in [0.15, 0.2) is 198 Å². The summed E-state index contributed by atoms with van der Waals surface area (Å²) >= 11 is 0. The average Bonchev–Trinajstić information content (AvgIpc) is 3.93. The third-order valence-electron chi connectivity index (χ3n) is 9.80. The van der Waals surface area contributed by atoms with E-state index in [1.165, 1.54) is 4.57 Å². The molecule has 11 aromatic rings. The zero-order valence-corrected chi connectivity index (χ0v) is 29.2. The summed E-state index contributed by atoms with van der Waals surface area (Å²) in [4.78, 5) is 15.1. The molecule has 5 nitrogen and oxygen atoms in total. The van der Waals surface area contributed by atoms with E-state index in [-0.39, 0.29) is 39.1 Å². The summed E-state index contributed by atoms with van der Waals surface area (Å²) in [5.41, 5.74) is 3.11. The van der Waals surface area contributed by atoms with E-state index in [0.717, 1.165) is 10.8 Å². The summed E-state index contributed by atoms with van der Waals surface area (Å²) < 4.78 is 116. The van der Waals surface area contributed by atoms with Crippen molar-refractivity contribution in [1.82, 2.24) is 19.5 Å². The SMILES string of the molecule is [2H]c1c([2H])c([2H])c(-c2c([2H])c([2H])c3c(c2[2H])c2c([2H])c([2H])c([2H])c([2H])c2n3-c2c(-c3ccccc3)cccc2-c2nc(-c3ccccc3)nc(-c3ccc4c(c3)oc3ccccc34)n2)c([2H])c1[2H]. The molecule has 56 heavy (non-hydrogen) atoms. The maximum atomic E-state index is 9.78. The van der Waals surface area contributed by atoms with E-state index < -0.39 is 83.6 Å². The minimum Gasteiger partial charge on any atom is -0.456 e. The molecule has 0 atom stereocenters. The van der Waals surface area contributed by atoms with Crippen LogP contribution in [0.4, 0.5) is 0 Å². The Balaban J connectivity index is 1.29. The lowest BCUT2D eigenvalue weighted by atomic mass is 9.98. The van der Waals surface area contributed by atoms with Gasteiger partial charge in [0.2, 0.25) is 0 Å². The maximum absolute atomic E-state index is 9.78. The first-order valence-electron chi connectivity index (χ1n) is 23.8. The Morgan fingerprint density at radius 2 is 1.07 bits per heavy atom. The number of hydrogen-bond donors (Lipinski definition) is 0. The average molecular weight is 729 g/mol. The quantitative estimate of drug-likeness (QED) is 0.171. The molecule has 0 radical (unpaired) electrons. The van der Waals surface area contributed by atoms with Crippen molar-refractivity contribution >= 4 is 43.7 Å². The van der Waals surface area contributed by atoms with Crippen LogP contribution in [0.25, 0.3) is 106 Å². The summed E-state index contributed by atoms with van der Waals surface area (Å²) in [5.74, 6) is 0.728. The van der Waals surface area contributed by atoms with Gasteiger partial charge in [0.25, 0.3) is 0 Å². The second kappa shape index (κ2) is 13.0. The predicted molar refractivity (Wildman–Crippen MR) is 229 cm³/mol. The van der Waals surface area contributed by atoms with Gasteiger partial charge in [-0.3, -0.25) is 0 Å². The van der Waals surface area contributed by atoms with Gasteiger partial charge in [0.05, 0.1) is 33.2 Å². The Kier molecular flexibility index (Phi) is 5.10. The zero-order chi connectivity index (χ0) is 47.4. The smallest absolute Gasteiger partial charge is 0.166 e. The number of rotatable bonds is 6. The lowest BCUT2D eigenvalue weighted by Gasteiger charge is -2.19. The summed E-state index contributed by atoms with van der Waals surface area (Å²) in [6.45, 7) is 0. The minimum atomic E-state index is -0.707. The van der Waals surface area contributed by atoms with E-state index in [2.05, 4.69) is 0 Å². The van der Waals surface area contributed by atoms with E-state index in [9.17, 15) is 6.85 Å². The molecular formula is C51H32N4O. The fourth-order valence-electron chi connectivity index (χ4n) is 7.26. The molecule has 0 unspecified atom stereocenters. The molecule has 0 bridgehead atoms. The van der Waals surface area contributed by atoms with Gasteiger partial charge in [0, 0.05) is 43.8 Å². The Labute approximate surface area is 339 Å². The molecule has 3 heterocycles. The van der Waals surface area contributed by atoms with Crippen molar-refractivity contribution in [2.45, 2.75) is 0 Å². The van der Waals surface area contributed by atoms with E-state index in [4.69, 9.17) is 29.0 Å². The van der Waals surface area contributed by atoms with Crippen LogP contribution in [0.1, 0.15) is 16.4 Å². The Morgan fingerprint density at radius 1 is 0.411 bits per heavy atom. The Morgan fingerprint density at radius 3 is 1.91 bits per heavy atom. The molecule has 0 spiro atoms. The zero-order valence-electron chi connectivity index (χ0n) is 41.2. The number of nitrogens with zero attached hydrogens (tertiary/aromatic N) is 4. The highest BCUT2D eigenvalue weighted by molar-refractivity contribution is 6.12. The Hall–Kier alpha value is -7.63. The fourth-order valence-corrected chi connectivity index (χ4v) is 7.26. The first kappa shape index (κ1) is 21.9. The van der Waals surface area contributed by atoms with E-state index in [1.54, 1.807) is 18.2 Å². The van der Waals surface area contributed by atoms with Gasteiger partial charge in [0.15, 0.2) is 17.5 Å². The lowest BCUT2D eigenvalue weighted by Crippen LogP contribution is -2.05. The van der Waals surface area contributed by atoms with Crippen molar-refractivity contribution in [2.75, 3.05) is 0 Å². The topological polar surface area (TPSA) is 56.7 Å². The van der Waals surface area contributed by atoms with Gasteiger partial charge in [-0.25, -0.2) is 15.0 Å². The summed E-state index contributed by atoms with van der Waals surface area (Å²) in [7, 11) is 0. The van der Waals surface area contributed by atoms with Gasteiger partial charge in [0.1, 0.15) is 11.2 Å². The molecule has 0 aliphatic rings. The van der Waals surface area contributed by atoms with Crippen molar-refractivity contribution in [3.63, 3.8) is 0 Å². The standard InChI is InChI=1S/C51H32N4O/c1-4-15-33(16-5-1)36-28-30-45-43(31-36)39-21-10-12-25-44(39)55(45)48-38(34-17-6-2-7-18-34)23-14-24-42(48)51-53-49(35-19-8-3-9-20-35)52-50(54-51)37-27-29-41-40-22-11-13-26-46(40)56-47(41)32-37/h1-32H/i1D,4D,5D,10D,12D,15D,16D,21D,25D,28D,30D,31D. The third-order valence-corrected chi connectivity index (χ3v) is 9.80. The number of furan rings is 1. The number of para-hydroxylation sites is 3. The van der Waals surface area contributed by atoms with Crippen LogP contribution >= 0.6 is 0 Å². The molecular weight excluding hydrogens is 685 g/mol. The highest BCUT2D eigenvalue weighted by Gasteiger charge is 2.23. The molecule has 5 heteroatoms. The second-order valence-electron chi connectivity index (χ2n) is 13.1. The van der Waals surface area contributed by atoms with Crippen LogP contribution in [0.3, 0.4) is 0 Å². The minimum absolute atomic E-state index is 0.136. The molecule has 0 aliphatic carbocycles. The summed E-state index contributed by atoms with van der Waals surface area (Å²) in [5, 5.41) is 1.48. The first-order chi connectivity index (χ1) is 32.8. The van der Waals surface area contributed by atoms with Crippen molar-refractivity contribution in [1.29, 1.82) is 0 Å². The molecule has 0 saturated heterocycles. The molecule has 11 rings (SSSR count). The third kappa shape index (κ3) is 5.29. The van der Waals surface area contributed by atoms with Gasteiger partial charge in [-0.15, -0.1) is 0 Å². The molecule has 0 aliphatic heterocycles. The number of hydrogen-bond acceptors (Lipinski definition) is 4.